The van der Waals surface area contributed by atoms with Crippen LogP contribution in [0.2, 0.25) is 5.02 Å². The molecule has 2 aromatic rings. The lowest BCUT2D eigenvalue weighted by molar-refractivity contribution is 0.584. The molecule has 1 aromatic carbocycles. The average molecular weight is 428 g/mol. The topological polar surface area (TPSA) is 124 Å². The normalized spacial score (nSPS) is 12.3. The van der Waals surface area contributed by atoms with Gasteiger partial charge in [-0.15, -0.1) is 0 Å². The largest absolute Gasteiger partial charge is 0.368 e. The maximum atomic E-state index is 14.3. The highest BCUT2D eigenvalue weighted by Crippen LogP contribution is 2.34. The minimum atomic E-state index is -4.31. The van der Waals surface area contributed by atoms with Gasteiger partial charge >= 0.3 is 5.69 Å². The third kappa shape index (κ3) is 3.46. The lowest BCUT2D eigenvalue weighted by Crippen LogP contribution is -2.39. The van der Waals surface area contributed by atoms with Crippen molar-refractivity contribution in [3.05, 3.63) is 33.5 Å². The van der Waals surface area contributed by atoms with Crippen LogP contribution in [0.5, 0.6) is 0 Å². The van der Waals surface area contributed by atoms with E-state index in [1.807, 2.05) is 0 Å². The number of benzene rings is 1. The smallest absolute Gasteiger partial charge is 0.244 e. The number of sulfonamides is 2. The minimum Gasteiger partial charge on any atom is -0.244 e. The number of nitrogens with zero attached hydrogens (tertiary/aromatic N) is 5. The molecule has 1 aromatic heterocycles. The van der Waals surface area contributed by atoms with Gasteiger partial charge in [0.15, 0.2) is 5.82 Å². The Morgan fingerprint density at radius 2 is 1.65 bits per heavy atom. The van der Waals surface area contributed by atoms with Crippen molar-refractivity contribution in [3.8, 4) is 5.69 Å². The molecule has 14 heteroatoms. The number of aromatic nitrogens is 4. The molecule has 0 saturated carbocycles. The van der Waals surface area contributed by atoms with Crippen LogP contribution >= 0.6 is 11.6 Å². The summed E-state index contributed by atoms with van der Waals surface area (Å²) in [5, 5.41) is 6.42. The van der Waals surface area contributed by atoms with E-state index in [0.29, 0.717) is 10.7 Å². The van der Waals surface area contributed by atoms with Crippen molar-refractivity contribution in [1.82, 2.24) is 19.8 Å². The van der Waals surface area contributed by atoms with Crippen molar-refractivity contribution in [2.45, 2.75) is 13.8 Å². The van der Waals surface area contributed by atoms with Crippen molar-refractivity contribution in [2.24, 2.45) is 7.05 Å². The molecule has 0 N–H and O–H groups in total. The van der Waals surface area contributed by atoms with Crippen LogP contribution in [0.3, 0.4) is 0 Å². The van der Waals surface area contributed by atoms with Gasteiger partial charge in [0.25, 0.3) is 0 Å². The van der Waals surface area contributed by atoms with Crippen LogP contribution in [0.15, 0.2) is 16.9 Å². The van der Waals surface area contributed by atoms with E-state index in [0.717, 1.165) is 10.7 Å². The summed E-state index contributed by atoms with van der Waals surface area (Å²) in [6.07, 6.45) is 0. The van der Waals surface area contributed by atoms with E-state index in [1.54, 1.807) is 0 Å². The first-order valence-electron chi connectivity index (χ1n) is 7.20. The van der Waals surface area contributed by atoms with Crippen molar-refractivity contribution in [3.63, 3.8) is 0 Å². The van der Waals surface area contributed by atoms with E-state index in [2.05, 4.69) is 10.4 Å². The monoisotopic (exact) mass is 427 g/mol. The number of hydrogen-bond donors (Lipinski definition) is 0. The van der Waals surface area contributed by atoms with Crippen molar-refractivity contribution in [2.75, 3.05) is 15.2 Å². The summed E-state index contributed by atoms with van der Waals surface area (Å²) >= 11 is 5.92. The summed E-state index contributed by atoms with van der Waals surface area (Å²) in [6.45, 7) is 2.50. The van der Waals surface area contributed by atoms with Gasteiger partial charge in [0.1, 0.15) is 5.69 Å². The first kappa shape index (κ1) is 20.3. The fourth-order valence-corrected chi connectivity index (χ4v) is 5.72. The minimum absolute atomic E-state index is 0.146. The molecule has 10 nitrogen and oxygen atoms in total. The van der Waals surface area contributed by atoms with E-state index in [4.69, 9.17) is 11.6 Å². The molecular formula is C12H15ClFN5O5S2. The van der Waals surface area contributed by atoms with Gasteiger partial charge in [-0.3, -0.25) is 0 Å². The molecule has 0 fully saturated rings. The molecule has 0 radical (unpaired) electrons. The molecule has 2 rings (SSSR count). The van der Waals surface area contributed by atoms with Gasteiger partial charge in [-0.25, -0.2) is 26.0 Å². The van der Waals surface area contributed by atoms with Gasteiger partial charge in [-0.1, -0.05) is 11.6 Å². The molecular weight excluding hydrogens is 413 g/mol. The zero-order valence-corrected chi connectivity index (χ0v) is 16.3. The predicted octanol–water partition coefficient (Wildman–Crippen LogP) is 0.264. The fourth-order valence-electron chi connectivity index (χ4n) is 2.00. The molecule has 0 spiro atoms. The standard InChI is InChI=1S/C12H15ClFN5O5S2/c1-4-25(21,22)19(26(23,24)5-2)10-7-11(9(14)6-8(10)13)18-12(20)17(3)15-16-18/h6-7H,4-5H2,1-3H3. The van der Waals surface area contributed by atoms with Gasteiger partial charge in [-0.2, -0.15) is 13.1 Å². The molecule has 0 aliphatic carbocycles. The van der Waals surface area contributed by atoms with E-state index in [1.165, 1.54) is 20.9 Å². The lowest BCUT2D eigenvalue weighted by atomic mass is 10.2. The summed E-state index contributed by atoms with van der Waals surface area (Å²) in [7, 11) is -7.35. The number of rotatable bonds is 6. The predicted molar refractivity (Wildman–Crippen MR) is 93.0 cm³/mol. The number of anilines is 1. The Balaban J connectivity index is 2.85. The molecule has 26 heavy (non-hydrogen) atoms. The SMILES string of the molecule is CCS(=O)(=O)N(c1cc(-n2nnn(C)c2=O)c(F)cc1Cl)S(=O)(=O)CC. The van der Waals surface area contributed by atoms with E-state index in [-0.39, 0.29) is 3.71 Å². The van der Waals surface area contributed by atoms with Gasteiger partial charge in [0.2, 0.25) is 20.0 Å². The molecule has 0 bridgehead atoms. The molecule has 0 aliphatic rings. The van der Waals surface area contributed by atoms with Crippen LogP contribution in [-0.2, 0) is 27.1 Å². The molecule has 1 heterocycles. The van der Waals surface area contributed by atoms with Crippen LogP contribution in [-0.4, -0.2) is 48.1 Å². The summed E-state index contributed by atoms with van der Waals surface area (Å²) < 4.78 is 65.2. The lowest BCUT2D eigenvalue weighted by Gasteiger charge is -2.24. The van der Waals surface area contributed by atoms with Crippen LogP contribution in [0.4, 0.5) is 10.1 Å². The number of hydrogen-bond acceptors (Lipinski definition) is 7. The highest BCUT2D eigenvalue weighted by atomic mass is 35.5. The summed E-state index contributed by atoms with van der Waals surface area (Å²) in [6, 6.07) is 1.53. The Kier molecular flexibility index (Phi) is 5.44. The third-order valence-electron chi connectivity index (χ3n) is 3.40. The van der Waals surface area contributed by atoms with E-state index < -0.39 is 59.5 Å². The Bertz CT molecular complexity index is 1080. The number of halogens is 2. The molecule has 0 aliphatic heterocycles. The van der Waals surface area contributed by atoms with Crippen LogP contribution in [0.25, 0.3) is 5.69 Å². The van der Waals surface area contributed by atoms with Crippen molar-refractivity contribution in [1.29, 1.82) is 0 Å². The average Bonchev–Trinajstić information content (AvgIpc) is 2.89. The first-order valence-corrected chi connectivity index (χ1v) is 10.8. The second kappa shape index (κ2) is 6.96. The van der Waals surface area contributed by atoms with Crippen LogP contribution in [0.1, 0.15) is 13.8 Å². The Morgan fingerprint density at radius 3 is 2.08 bits per heavy atom. The van der Waals surface area contributed by atoms with Crippen LogP contribution < -0.4 is 9.40 Å². The molecule has 0 saturated heterocycles. The first-order chi connectivity index (χ1) is 12.0. The van der Waals surface area contributed by atoms with E-state index >= 15 is 0 Å². The quantitative estimate of drug-likeness (QED) is 0.647. The summed E-state index contributed by atoms with van der Waals surface area (Å²) in [4.78, 5) is 11.9. The van der Waals surface area contributed by atoms with Gasteiger partial charge in [0, 0.05) is 7.05 Å². The molecule has 0 amide bonds. The van der Waals surface area contributed by atoms with E-state index in [9.17, 15) is 26.0 Å². The second-order valence-corrected chi connectivity index (χ2v) is 9.90. The zero-order chi connectivity index (χ0) is 19.9. The highest BCUT2D eigenvalue weighted by Gasteiger charge is 2.34. The second-order valence-electron chi connectivity index (χ2n) is 5.05. The highest BCUT2D eigenvalue weighted by molar-refractivity contribution is 8.10. The van der Waals surface area contributed by atoms with Crippen molar-refractivity contribution >= 4 is 37.3 Å². The summed E-state index contributed by atoms with van der Waals surface area (Å²) in [5.41, 5.74) is -1.82. The van der Waals surface area contributed by atoms with Gasteiger partial charge < -0.3 is 0 Å². The maximum absolute atomic E-state index is 14.3. The summed E-state index contributed by atoms with van der Waals surface area (Å²) in [5.74, 6) is -2.09. The Labute approximate surface area is 153 Å². The Morgan fingerprint density at radius 1 is 1.12 bits per heavy atom. The van der Waals surface area contributed by atoms with Gasteiger partial charge in [-0.05, 0) is 36.4 Å². The van der Waals surface area contributed by atoms with Gasteiger partial charge in [0.05, 0.1) is 22.2 Å². The fraction of sp³-hybridized carbons (Fsp3) is 0.417. The third-order valence-corrected chi connectivity index (χ3v) is 7.93. The number of aryl methyl sites for hydroxylation is 1. The maximum Gasteiger partial charge on any atom is 0.368 e. The zero-order valence-electron chi connectivity index (χ0n) is 13.9. The Hall–Kier alpha value is -1.99. The molecule has 144 valence electrons. The molecule has 0 atom stereocenters. The van der Waals surface area contributed by atoms with Crippen LogP contribution in [0, 0.1) is 5.82 Å². The molecule has 0 unspecified atom stereocenters. The number of tetrazole rings is 1. The van der Waals surface area contributed by atoms with Crippen molar-refractivity contribution < 1.29 is 21.2 Å².